The lowest BCUT2D eigenvalue weighted by Crippen LogP contribution is -2.41. The van der Waals surface area contributed by atoms with Crippen molar-refractivity contribution < 1.29 is 14.6 Å². The Morgan fingerprint density at radius 2 is 1.94 bits per heavy atom. The van der Waals surface area contributed by atoms with Crippen LogP contribution in [0.5, 0.6) is 5.75 Å². The molecule has 0 aliphatic carbocycles. The molecule has 0 spiro atoms. The fraction of sp³-hybridized carbons (Fsp3) is 0.500. The number of benzene rings is 1. The quantitative estimate of drug-likeness (QED) is 0.809. The summed E-state index contributed by atoms with van der Waals surface area (Å²) in [5.74, 6) is 0.000315. The number of hydrogen-bond acceptors (Lipinski definition) is 3. The molecule has 0 amide bonds. The highest BCUT2D eigenvalue weighted by Gasteiger charge is 2.23. The number of carbonyl (C=O) groups is 1. The van der Waals surface area contributed by atoms with E-state index in [2.05, 4.69) is 0 Å². The molecular formula is C14H21NO3. The van der Waals surface area contributed by atoms with Crippen LogP contribution in [0.1, 0.15) is 26.7 Å². The molecule has 4 heteroatoms. The summed E-state index contributed by atoms with van der Waals surface area (Å²) in [7, 11) is 1.62. The van der Waals surface area contributed by atoms with Gasteiger partial charge in [0.2, 0.25) is 0 Å². The van der Waals surface area contributed by atoms with Gasteiger partial charge in [-0.3, -0.25) is 0 Å². The summed E-state index contributed by atoms with van der Waals surface area (Å²) in [4.78, 5) is 13.2. The molecule has 4 nitrogen and oxygen atoms in total. The van der Waals surface area contributed by atoms with E-state index in [-0.39, 0.29) is 0 Å². The molecule has 0 unspecified atom stereocenters. The molecule has 1 aromatic rings. The lowest BCUT2D eigenvalue weighted by Gasteiger charge is -2.30. The molecule has 0 aliphatic rings. The van der Waals surface area contributed by atoms with Crippen molar-refractivity contribution in [2.45, 2.75) is 32.7 Å². The van der Waals surface area contributed by atoms with E-state index in [1.165, 1.54) is 0 Å². The third-order valence-corrected chi connectivity index (χ3v) is 2.92. The predicted molar refractivity (Wildman–Crippen MR) is 72.3 cm³/mol. The van der Waals surface area contributed by atoms with Gasteiger partial charge in [0.05, 0.1) is 7.11 Å². The maximum absolute atomic E-state index is 11.3. The van der Waals surface area contributed by atoms with Crippen molar-refractivity contribution in [3.63, 3.8) is 0 Å². The Bertz CT molecular complexity index is 375. The van der Waals surface area contributed by atoms with E-state index in [9.17, 15) is 9.90 Å². The molecular weight excluding hydrogens is 230 g/mol. The second kappa shape index (κ2) is 6.89. The summed E-state index contributed by atoms with van der Waals surface area (Å²) in [5.41, 5.74) is 0.923. The number of nitrogens with zero attached hydrogens (tertiary/aromatic N) is 1. The van der Waals surface area contributed by atoms with Crippen LogP contribution in [0.2, 0.25) is 0 Å². The molecule has 0 radical (unpaired) electrons. The predicted octanol–water partition coefficient (Wildman–Crippen LogP) is 2.77. The Balaban J connectivity index is 2.98. The van der Waals surface area contributed by atoms with Crippen LogP contribution in [-0.4, -0.2) is 30.8 Å². The molecule has 0 aliphatic heterocycles. The van der Waals surface area contributed by atoms with Crippen LogP contribution in [0.25, 0.3) is 0 Å². The fourth-order valence-corrected chi connectivity index (χ4v) is 2.01. The van der Waals surface area contributed by atoms with Crippen molar-refractivity contribution in [1.82, 2.24) is 0 Å². The molecule has 0 saturated heterocycles. The highest BCUT2D eigenvalue weighted by atomic mass is 16.5. The summed E-state index contributed by atoms with van der Waals surface area (Å²) in [6.07, 6.45) is 1.50. The number of ether oxygens (including phenoxy) is 1. The van der Waals surface area contributed by atoms with Crippen molar-refractivity contribution in [1.29, 1.82) is 0 Å². The van der Waals surface area contributed by atoms with Crippen LogP contribution >= 0.6 is 0 Å². The average Bonchev–Trinajstić information content (AvgIpc) is 2.38. The molecule has 1 N–H and O–H groups in total. The van der Waals surface area contributed by atoms with Gasteiger partial charge in [-0.15, -0.1) is 0 Å². The van der Waals surface area contributed by atoms with E-state index in [1.54, 1.807) is 7.11 Å². The van der Waals surface area contributed by atoms with Crippen LogP contribution in [0.3, 0.4) is 0 Å². The number of rotatable bonds is 7. The first-order valence-electron chi connectivity index (χ1n) is 6.27. The number of aliphatic carboxylic acids is 1. The maximum atomic E-state index is 11.3. The van der Waals surface area contributed by atoms with Crippen LogP contribution in [-0.2, 0) is 4.79 Å². The van der Waals surface area contributed by atoms with Crippen molar-refractivity contribution in [2.75, 3.05) is 18.6 Å². The van der Waals surface area contributed by atoms with Crippen molar-refractivity contribution in [3.8, 4) is 5.75 Å². The van der Waals surface area contributed by atoms with E-state index < -0.39 is 12.0 Å². The second-order valence-electron chi connectivity index (χ2n) is 4.15. The summed E-state index contributed by atoms with van der Waals surface area (Å²) in [6, 6.07) is 7.04. The minimum Gasteiger partial charge on any atom is -0.497 e. The Morgan fingerprint density at radius 1 is 1.33 bits per heavy atom. The van der Waals surface area contributed by atoms with Gasteiger partial charge < -0.3 is 14.7 Å². The molecule has 0 aromatic heterocycles. The van der Waals surface area contributed by atoms with Gasteiger partial charge in [-0.25, -0.2) is 4.79 Å². The van der Waals surface area contributed by atoms with Gasteiger partial charge >= 0.3 is 5.97 Å². The zero-order valence-corrected chi connectivity index (χ0v) is 11.2. The van der Waals surface area contributed by atoms with Crippen molar-refractivity contribution >= 4 is 11.7 Å². The average molecular weight is 251 g/mol. The van der Waals surface area contributed by atoms with Gasteiger partial charge in [-0.1, -0.05) is 13.8 Å². The number of hydrogen-bond donors (Lipinski definition) is 1. The third-order valence-electron chi connectivity index (χ3n) is 2.92. The van der Waals surface area contributed by atoms with E-state index in [0.717, 1.165) is 24.4 Å². The van der Waals surface area contributed by atoms with Gasteiger partial charge in [-0.2, -0.15) is 0 Å². The van der Waals surface area contributed by atoms with Crippen LogP contribution in [0, 0.1) is 0 Å². The fourth-order valence-electron chi connectivity index (χ4n) is 2.01. The zero-order chi connectivity index (χ0) is 13.5. The van der Waals surface area contributed by atoms with E-state index in [4.69, 9.17) is 4.74 Å². The van der Waals surface area contributed by atoms with Gasteiger partial charge in [-0.05, 0) is 37.1 Å². The lowest BCUT2D eigenvalue weighted by molar-refractivity contribution is -0.138. The molecule has 0 heterocycles. The Hall–Kier alpha value is -1.71. The largest absolute Gasteiger partial charge is 0.497 e. The van der Waals surface area contributed by atoms with E-state index in [1.807, 2.05) is 43.0 Å². The number of anilines is 1. The molecule has 18 heavy (non-hydrogen) atoms. The Morgan fingerprint density at radius 3 is 2.33 bits per heavy atom. The molecule has 1 aromatic carbocycles. The van der Waals surface area contributed by atoms with E-state index in [0.29, 0.717) is 6.42 Å². The summed E-state index contributed by atoms with van der Waals surface area (Å²) in [5, 5.41) is 9.27. The standard InChI is InChI=1S/C14H21NO3/c1-4-10-15(13(5-2)14(16)17)11-6-8-12(18-3)9-7-11/h6-9,13H,4-5,10H2,1-3H3,(H,16,17)/t13-/m1/s1. The highest BCUT2D eigenvalue weighted by Crippen LogP contribution is 2.22. The third kappa shape index (κ3) is 3.39. The minimum atomic E-state index is -0.776. The smallest absolute Gasteiger partial charge is 0.326 e. The van der Waals surface area contributed by atoms with Gasteiger partial charge in [0.1, 0.15) is 11.8 Å². The van der Waals surface area contributed by atoms with E-state index >= 15 is 0 Å². The normalized spacial score (nSPS) is 11.9. The van der Waals surface area contributed by atoms with Gasteiger partial charge in [0, 0.05) is 12.2 Å². The summed E-state index contributed by atoms with van der Waals surface area (Å²) < 4.78 is 5.11. The monoisotopic (exact) mass is 251 g/mol. The molecule has 0 bridgehead atoms. The first-order valence-corrected chi connectivity index (χ1v) is 6.27. The maximum Gasteiger partial charge on any atom is 0.326 e. The molecule has 0 fully saturated rings. The highest BCUT2D eigenvalue weighted by molar-refractivity contribution is 5.78. The molecule has 100 valence electrons. The first-order chi connectivity index (χ1) is 8.63. The molecule has 0 saturated carbocycles. The number of carboxylic acid groups (broad SMARTS) is 1. The van der Waals surface area contributed by atoms with Crippen LogP contribution < -0.4 is 9.64 Å². The lowest BCUT2D eigenvalue weighted by atomic mass is 10.1. The first kappa shape index (κ1) is 14.4. The zero-order valence-electron chi connectivity index (χ0n) is 11.2. The van der Waals surface area contributed by atoms with Crippen LogP contribution in [0.4, 0.5) is 5.69 Å². The second-order valence-corrected chi connectivity index (χ2v) is 4.15. The van der Waals surface area contributed by atoms with Gasteiger partial charge in [0.25, 0.3) is 0 Å². The Kier molecular flexibility index (Phi) is 5.49. The van der Waals surface area contributed by atoms with Gasteiger partial charge in [0.15, 0.2) is 0 Å². The Labute approximate surface area is 108 Å². The molecule has 1 rings (SSSR count). The molecule has 1 atom stereocenters. The topological polar surface area (TPSA) is 49.8 Å². The number of methoxy groups -OCH3 is 1. The van der Waals surface area contributed by atoms with Crippen LogP contribution in [0.15, 0.2) is 24.3 Å². The summed E-state index contributed by atoms with van der Waals surface area (Å²) in [6.45, 7) is 4.67. The minimum absolute atomic E-state index is 0.474. The SMILES string of the molecule is CCCN(c1ccc(OC)cc1)[C@H](CC)C(=O)O. The number of carboxylic acids is 1. The van der Waals surface area contributed by atoms with Crippen molar-refractivity contribution in [3.05, 3.63) is 24.3 Å². The summed E-state index contributed by atoms with van der Waals surface area (Å²) >= 11 is 0. The van der Waals surface area contributed by atoms with Crippen molar-refractivity contribution in [2.24, 2.45) is 0 Å².